The van der Waals surface area contributed by atoms with Gasteiger partial charge in [-0.2, -0.15) is 0 Å². The molecule has 0 unspecified atom stereocenters. The summed E-state index contributed by atoms with van der Waals surface area (Å²) in [5.41, 5.74) is 0. The van der Waals surface area contributed by atoms with Gasteiger partial charge in [0.1, 0.15) is 12.1 Å². The topological polar surface area (TPSA) is 68.3 Å². The van der Waals surface area contributed by atoms with Gasteiger partial charge in [0.05, 0.1) is 13.2 Å². The molecule has 0 aliphatic heterocycles. The monoisotopic (exact) mass is 254 g/mol. The molecule has 1 aromatic rings. The standard InChI is InChI=1S/C12H22N4O2/c1-3-7-18-12-9-11(15-10-16-12)14-5-4-13-6-8-17-2/h9-10,13H,3-8H2,1-2H3,(H,14,15,16). The number of rotatable bonds is 10. The molecule has 0 aromatic carbocycles. The second-order valence-corrected chi connectivity index (χ2v) is 3.76. The van der Waals surface area contributed by atoms with Crippen LogP contribution >= 0.6 is 0 Å². The largest absolute Gasteiger partial charge is 0.478 e. The molecule has 0 fully saturated rings. The Labute approximate surface area is 108 Å². The van der Waals surface area contributed by atoms with E-state index in [1.807, 2.05) is 6.07 Å². The van der Waals surface area contributed by atoms with Gasteiger partial charge in [0, 0.05) is 32.8 Å². The van der Waals surface area contributed by atoms with Gasteiger partial charge in [0.25, 0.3) is 0 Å². The number of aromatic nitrogens is 2. The van der Waals surface area contributed by atoms with E-state index >= 15 is 0 Å². The molecule has 2 N–H and O–H groups in total. The Kier molecular flexibility index (Phi) is 7.83. The first kappa shape index (κ1) is 14.7. The highest BCUT2D eigenvalue weighted by molar-refractivity contribution is 5.36. The van der Waals surface area contributed by atoms with Gasteiger partial charge in [-0.05, 0) is 6.42 Å². The number of nitrogens with one attached hydrogen (secondary N) is 2. The lowest BCUT2D eigenvalue weighted by molar-refractivity contribution is 0.200. The molecule has 0 aliphatic rings. The fourth-order valence-electron chi connectivity index (χ4n) is 1.30. The molecule has 0 saturated carbocycles. The molecule has 0 radical (unpaired) electrons. The van der Waals surface area contributed by atoms with Gasteiger partial charge in [-0.15, -0.1) is 0 Å². The molecule has 1 aromatic heterocycles. The van der Waals surface area contributed by atoms with Crippen LogP contribution in [0.5, 0.6) is 5.88 Å². The lowest BCUT2D eigenvalue weighted by Gasteiger charge is -2.08. The summed E-state index contributed by atoms with van der Waals surface area (Å²) in [6.45, 7) is 5.98. The first-order valence-corrected chi connectivity index (χ1v) is 6.25. The van der Waals surface area contributed by atoms with E-state index in [4.69, 9.17) is 9.47 Å². The average Bonchev–Trinajstić information content (AvgIpc) is 2.41. The maximum Gasteiger partial charge on any atom is 0.218 e. The van der Waals surface area contributed by atoms with Gasteiger partial charge in [0.2, 0.25) is 5.88 Å². The molecule has 102 valence electrons. The second-order valence-electron chi connectivity index (χ2n) is 3.76. The lowest BCUT2D eigenvalue weighted by Crippen LogP contribution is -2.25. The maximum absolute atomic E-state index is 5.43. The van der Waals surface area contributed by atoms with Crippen LogP contribution in [0.3, 0.4) is 0 Å². The lowest BCUT2D eigenvalue weighted by atomic mass is 10.5. The van der Waals surface area contributed by atoms with Gasteiger partial charge in [0.15, 0.2) is 0 Å². The molecule has 0 bridgehead atoms. The normalized spacial score (nSPS) is 10.3. The number of nitrogens with zero attached hydrogens (tertiary/aromatic N) is 2. The molecule has 6 heteroatoms. The van der Waals surface area contributed by atoms with E-state index in [9.17, 15) is 0 Å². The van der Waals surface area contributed by atoms with Crippen molar-refractivity contribution in [2.24, 2.45) is 0 Å². The summed E-state index contributed by atoms with van der Waals surface area (Å²) in [5, 5.41) is 6.45. The number of methoxy groups -OCH3 is 1. The van der Waals surface area contributed by atoms with Crippen molar-refractivity contribution in [3.05, 3.63) is 12.4 Å². The highest BCUT2D eigenvalue weighted by atomic mass is 16.5. The predicted molar refractivity (Wildman–Crippen MR) is 71.1 cm³/mol. The van der Waals surface area contributed by atoms with E-state index in [0.29, 0.717) is 12.5 Å². The van der Waals surface area contributed by atoms with Crippen LogP contribution in [0.15, 0.2) is 12.4 Å². The predicted octanol–water partition coefficient (Wildman–Crippen LogP) is 0.913. The van der Waals surface area contributed by atoms with Crippen molar-refractivity contribution >= 4 is 5.82 Å². The van der Waals surface area contributed by atoms with Crippen LogP contribution in [0, 0.1) is 0 Å². The van der Waals surface area contributed by atoms with E-state index < -0.39 is 0 Å². The summed E-state index contributed by atoms with van der Waals surface area (Å²) in [7, 11) is 1.69. The van der Waals surface area contributed by atoms with Crippen LogP contribution in [0.1, 0.15) is 13.3 Å². The van der Waals surface area contributed by atoms with E-state index in [0.717, 1.165) is 38.5 Å². The number of hydrogen-bond donors (Lipinski definition) is 2. The maximum atomic E-state index is 5.43. The summed E-state index contributed by atoms with van der Waals surface area (Å²) < 4.78 is 10.4. The van der Waals surface area contributed by atoms with Crippen molar-refractivity contribution in [2.75, 3.05) is 45.3 Å². The fraction of sp³-hybridized carbons (Fsp3) is 0.667. The minimum Gasteiger partial charge on any atom is -0.478 e. The molecular weight excluding hydrogens is 232 g/mol. The molecule has 1 heterocycles. The fourth-order valence-corrected chi connectivity index (χ4v) is 1.30. The van der Waals surface area contributed by atoms with Crippen molar-refractivity contribution in [1.29, 1.82) is 0 Å². The quantitative estimate of drug-likeness (QED) is 0.605. The zero-order valence-corrected chi connectivity index (χ0v) is 11.1. The van der Waals surface area contributed by atoms with Crippen molar-refractivity contribution < 1.29 is 9.47 Å². The molecule has 6 nitrogen and oxygen atoms in total. The molecule has 0 atom stereocenters. The third-order valence-corrected chi connectivity index (χ3v) is 2.19. The smallest absolute Gasteiger partial charge is 0.218 e. The Hall–Kier alpha value is -1.40. The van der Waals surface area contributed by atoms with Crippen molar-refractivity contribution in [1.82, 2.24) is 15.3 Å². The first-order valence-electron chi connectivity index (χ1n) is 6.25. The van der Waals surface area contributed by atoms with Crippen molar-refractivity contribution in [2.45, 2.75) is 13.3 Å². The molecule has 0 saturated heterocycles. The van der Waals surface area contributed by atoms with E-state index in [1.54, 1.807) is 7.11 Å². The zero-order valence-electron chi connectivity index (χ0n) is 11.1. The van der Waals surface area contributed by atoms with E-state index in [1.165, 1.54) is 6.33 Å². The third-order valence-electron chi connectivity index (χ3n) is 2.19. The Balaban J connectivity index is 2.20. The summed E-state index contributed by atoms with van der Waals surface area (Å²) in [5.74, 6) is 1.39. The second kappa shape index (κ2) is 9.61. The van der Waals surface area contributed by atoms with Crippen molar-refractivity contribution in [3.63, 3.8) is 0 Å². The molecule has 0 amide bonds. The molecule has 18 heavy (non-hydrogen) atoms. The highest BCUT2D eigenvalue weighted by Crippen LogP contribution is 2.10. The van der Waals surface area contributed by atoms with E-state index in [2.05, 4.69) is 27.5 Å². The number of ether oxygens (including phenoxy) is 2. The van der Waals surface area contributed by atoms with E-state index in [-0.39, 0.29) is 0 Å². The average molecular weight is 254 g/mol. The number of anilines is 1. The Bertz CT molecular complexity index is 323. The Morgan fingerprint density at radius 2 is 2.06 bits per heavy atom. The van der Waals surface area contributed by atoms with Crippen LogP contribution in [0.25, 0.3) is 0 Å². The van der Waals surface area contributed by atoms with Gasteiger partial charge < -0.3 is 20.1 Å². The molecular formula is C12H22N4O2. The summed E-state index contributed by atoms with van der Waals surface area (Å²) >= 11 is 0. The molecule has 1 rings (SSSR count). The molecule has 0 aliphatic carbocycles. The first-order chi connectivity index (χ1) is 8.86. The van der Waals surface area contributed by atoms with Crippen LogP contribution in [0.4, 0.5) is 5.82 Å². The Morgan fingerprint density at radius 1 is 1.17 bits per heavy atom. The van der Waals surface area contributed by atoms with Gasteiger partial charge in [-0.3, -0.25) is 0 Å². The minimum absolute atomic E-state index is 0.613. The van der Waals surface area contributed by atoms with Crippen molar-refractivity contribution in [3.8, 4) is 5.88 Å². The van der Waals surface area contributed by atoms with Crippen LogP contribution in [0.2, 0.25) is 0 Å². The minimum atomic E-state index is 0.613. The van der Waals surface area contributed by atoms with Gasteiger partial charge >= 0.3 is 0 Å². The van der Waals surface area contributed by atoms with Crippen LogP contribution in [-0.2, 0) is 4.74 Å². The van der Waals surface area contributed by atoms with Crippen LogP contribution in [-0.4, -0.2) is 49.9 Å². The summed E-state index contributed by atoms with van der Waals surface area (Å²) in [6.07, 6.45) is 2.47. The van der Waals surface area contributed by atoms with Gasteiger partial charge in [-0.1, -0.05) is 6.92 Å². The molecule has 0 spiro atoms. The number of hydrogen-bond acceptors (Lipinski definition) is 6. The summed E-state index contributed by atoms with van der Waals surface area (Å²) in [6, 6.07) is 1.81. The highest BCUT2D eigenvalue weighted by Gasteiger charge is 1.98. The van der Waals surface area contributed by atoms with Crippen LogP contribution < -0.4 is 15.4 Å². The van der Waals surface area contributed by atoms with Gasteiger partial charge in [-0.25, -0.2) is 9.97 Å². The third kappa shape index (κ3) is 6.36. The SMILES string of the molecule is CCCOc1cc(NCCNCCOC)ncn1. The zero-order chi connectivity index (χ0) is 13.1. The Morgan fingerprint density at radius 3 is 2.83 bits per heavy atom. The summed E-state index contributed by atoms with van der Waals surface area (Å²) in [4.78, 5) is 8.17.